The van der Waals surface area contributed by atoms with Crippen LogP contribution >= 0.6 is 22.9 Å². The number of thiazole rings is 1. The number of benzene rings is 3. The smallest absolute Gasteiger partial charge is 0.271 e. The number of aromatic nitrogens is 2. The number of amides is 1. The first-order chi connectivity index (χ1) is 18.4. The zero-order valence-corrected chi connectivity index (χ0v) is 22.8. The summed E-state index contributed by atoms with van der Waals surface area (Å²) in [5.74, 6) is -0.274. The Morgan fingerprint density at radius 2 is 1.76 bits per heavy atom. The molecule has 1 amide bonds. The summed E-state index contributed by atoms with van der Waals surface area (Å²) in [5.41, 5.74) is 11.3. The van der Waals surface area contributed by atoms with Gasteiger partial charge in [-0.05, 0) is 80.9 Å². The van der Waals surface area contributed by atoms with Crippen LogP contribution in [0.15, 0.2) is 89.3 Å². The van der Waals surface area contributed by atoms with Crippen LogP contribution in [0.1, 0.15) is 32.9 Å². The van der Waals surface area contributed by atoms with E-state index < -0.39 is 0 Å². The average Bonchev–Trinajstić information content (AvgIpc) is 3.49. The van der Waals surface area contributed by atoms with E-state index in [2.05, 4.69) is 69.6 Å². The van der Waals surface area contributed by atoms with Crippen molar-refractivity contribution < 1.29 is 4.79 Å². The van der Waals surface area contributed by atoms with Gasteiger partial charge in [0.1, 0.15) is 0 Å². The van der Waals surface area contributed by atoms with Crippen molar-refractivity contribution in [2.24, 2.45) is 5.10 Å². The first kappa shape index (κ1) is 25.4. The van der Waals surface area contributed by atoms with Crippen molar-refractivity contribution in [1.29, 1.82) is 0 Å². The summed E-state index contributed by atoms with van der Waals surface area (Å²) in [4.78, 5) is 17.3. The van der Waals surface area contributed by atoms with Crippen molar-refractivity contribution in [3.63, 3.8) is 0 Å². The van der Waals surface area contributed by atoms with Gasteiger partial charge in [0.05, 0.1) is 11.9 Å². The highest BCUT2D eigenvalue weighted by Gasteiger charge is 2.11. The molecule has 0 radical (unpaired) electrons. The van der Waals surface area contributed by atoms with Crippen molar-refractivity contribution in [1.82, 2.24) is 15.0 Å². The molecule has 5 aromatic rings. The molecule has 0 spiro atoms. The third kappa shape index (κ3) is 5.69. The molecule has 2 heterocycles. The van der Waals surface area contributed by atoms with Gasteiger partial charge in [0.2, 0.25) is 0 Å². The van der Waals surface area contributed by atoms with Crippen LogP contribution in [-0.4, -0.2) is 21.7 Å². The minimum absolute atomic E-state index is 0.274. The topological polar surface area (TPSA) is 71.3 Å². The van der Waals surface area contributed by atoms with Crippen molar-refractivity contribution in [2.75, 3.05) is 5.32 Å². The van der Waals surface area contributed by atoms with E-state index in [1.54, 1.807) is 18.3 Å². The molecule has 8 heteroatoms. The molecule has 0 saturated carbocycles. The predicted molar refractivity (Wildman–Crippen MR) is 157 cm³/mol. The SMILES string of the molecule is Cc1cccc(-n2c(C)cc(/C=N\NC(=O)c3ccc(-c4csc(Nc5ccc(Cl)cc5)n4)cc3)c2C)c1. The van der Waals surface area contributed by atoms with E-state index in [0.29, 0.717) is 10.6 Å². The standard InChI is InChI=1S/C30H26ClN5OS/c1-19-5-4-6-27(15-19)36-20(2)16-24(21(36)3)17-32-35-29(37)23-9-7-22(8-10-23)28-18-38-30(34-28)33-26-13-11-25(31)12-14-26/h4-18H,1-3H3,(H,33,34)(H,35,37)/b32-17-. The van der Waals surface area contributed by atoms with Crippen LogP contribution in [0.5, 0.6) is 0 Å². The van der Waals surface area contributed by atoms with Crippen molar-refractivity contribution in [2.45, 2.75) is 20.8 Å². The van der Waals surface area contributed by atoms with Crippen molar-refractivity contribution >= 4 is 45.9 Å². The molecule has 38 heavy (non-hydrogen) atoms. The summed E-state index contributed by atoms with van der Waals surface area (Å²) in [6.07, 6.45) is 1.69. The summed E-state index contributed by atoms with van der Waals surface area (Å²) in [6.45, 7) is 6.19. The first-order valence-corrected chi connectivity index (χ1v) is 13.3. The van der Waals surface area contributed by atoms with Crippen LogP contribution in [-0.2, 0) is 0 Å². The fourth-order valence-corrected chi connectivity index (χ4v) is 5.09. The molecule has 190 valence electrons. The minimum atomic E-state index is -0.274. The van der Waals surface area contributed by atoms with E-state index in [9.17, 15) is 4.79 Å². The maximum Gasteiger partial charge on any atom is 0.271 e. The monoisotopic (exact) mass is 539 g/mol. The van der Waals surface area contributed by atoms with E-state index in [4.69, 9.17) is 11.6 Å². The van der Waals surface area contributed by atoms with Crippen LogP contribution in [0, 0.1) is 20.8 Å². The highest BCUT2D eigenvalue weighted by atomic mass is 35.5. The fraction of sp³-hybridized carbons (Fsp3) is 0.100. The molecule has 0 aliphatic rings. The van der Waals surface area contributed by atoms with E-state index in [1.807, 2.05) is 48.7 Å². The maximum atomic E-state index is 12.7. The summed E-state index contributed by atoms with van der Waals surface area (Å²) in [6, 6.07) is 25.2. The number of hydrogen-bond donors (Lipinski definition) is 2. The Morgan fingerprint density at radius 1 is 1.00 bits per heavy atom. The molecule has 2 N–H and O–H groups in total. The Morgan fingerprint density at radius 3 is 2.50 bits per heavy atom. The van der Waals surface area contributed by atoms with Crippen LogP contribution < -0.4 is 10.7 Å². The third-order valence-corrected chi connectivity index (χ3v) is 7.15. The fourth-order valence-electron chi connectivity index (χ4n) is 4.22. The van der Waals surface area contributed by atoms with Crippen LogP contribution in [0.2, 0.25) is 5.02 Å². The Balaban J connectivity index is 1.22. The summed E-state index contributed by atoms with van der Waals surface area (Å²) in [5, 5.41) is 10.9. The predicted octanol–water partition coefficient (Wildman–Crippen LogP) is 7.69. The van der Waals surface area contributed by atoms with Crippen LogP contribution in [0.3, 0.4) is 0 Å². The van der Waals surface area contributed by atoms with Gasteiger partial charge in [0.15, 0.2) is 5.13 Å². The first-order valence-electron chi connectivity index (χ1n) is 12.1. The largest absolute Gasteiger partial charge is 0.332 e. The van der Waals surface area contributed by atoms with E-state index in [1.165, 1.54) is 16.9 Å². The Bertz CT molecular complexity index is 1620. The number of aryl methyl sites for hydroxylation is 2. The highest BCUT2D eigenvalue weighted by molar-refractivity contribution is 7.14. The number of carbonyl (C=O) groups is 1. The van der Waals surface area contributed by atoms with Crippen LogP contribution in [0.4, 0.5) is 10.8 Å². The number of hydrogen-bond acceptors (Lipinski definition) is 5. The summed E-state index contributed by atoms with van der Waals surface area (Å²) < 4.78 is 2.18. The molecular weight excluding hydrogens is 514 g/mol. The number of hydrazone groups is 1. The Kier molecular flexibility index (Phi) is 7.40. The van der Waals surface area contributed by atoms with Gasteiger partial charge in [0.25, 0.3) is 5.91 Å². The lowest BCUT2D eigenvalue weighted by Crippen LogP contribution is -2.17. The molecule has 0 aliphatic heterocycles. The minimum Gasteiger partial charge on any atom is -0.332 e. The van der Waals surface area contributed by atoms with Gasteiger partial charge in [-0.1, -0.05) is 35.9 Å². The molecule has 0 fully saturated rings. The number of nitrogens with zero attached hydrogens (tertiary/aromatic N) is 3. The Labute approximate surface area is 230 Å². The maximum absolute atomic E-state index is 12.7. The second kappa shape index (κ2) is 11.0. The summed E-state index contributed by atoms with van der Waals surface area (Å²) >= 11 is 7.46. The number of carbonyl (C=O) groups excluding carboxylic acids is 1. The normalized spacial score (nSPS) is 11.2. The van der Waals surface area contributed by atoms with Gasteiger partial charge in [-0.3, -0.25) is 4.79 Å². The quantitative estimate of drug-likeness (QED) is 0.164. The molecule has 0 aliphatic carbocycles. The molecule has 5 rings (SSSR count). The Hall–Kier alpha value is -4.20. The lowest BCUT2D eigenvalue weighted by atomic mass is 10.1. The van der Waals surface area contributed by atoms with Crippen molar-refractivity contribution in [3.8, 4) is 16.9 Å². The van der Waals surface area contributed by atoms with Gasteiger partial charge < -0.3 is 9.88 Å². The van der Waals surface area contributed by atoms with Gasteiger partial charge in [-0.15, -0.1) is 11.3 Å². The number of rotatable bonds is 7. The van der Waals surface area contributed by atoms with Crippen LogP contribution in [0.25, 0.3) is 16.9 Å². The lowest BCUT2D eigenvalue weighted by Gasteiger charge is -2.10. The number of nitrogens with one attached hydrogen (secondary N) is 2. The number of halogens is 1. The third-order valence-electron chi connectivity index (χ3n) is 6.14. The van der Waals surface area contributed by atoms with Crippen molar-refractivity contribution in [3.05, 3.63) is 117 Å². The van der Waals surface area contributed by atoms with E-state index in [-0.39, 0.29) is 5.91 Å². The second-order valence-corrected chi connectivity index (χ2v) is 10.2. The van der Waals surface area contributed by atoms with E-state index >= 15 is 0 Å². The molecule has 0 saturated heterocycles. The lowest BCUT2D eigenvalue weighted by molar-refractivity contribution is 0.0955. The average molecular weight is 540 g/mol. The summed E-state index contributed by atoms with van der Waals surface area (Å²) in [7, 11) is 0. The van der Waals surface area contributed by atoms with E-state index in [0.717, 1.165) is 44.7 Å². The molecule has 6 nitrogen and oxygen atoms in total. The molecular formula is C30H26ClN5OS. The molecule has 3 aromatic carbocycles. The second-order valence-electron chi connectivity index (χ2n) is 8.95. The highest BCUT2D eigenvalue weighted by Crippen LogP contribution is 2.28. The zero-order valence-electron chi connectivity index (χ0n) is 21.2. The molecule has 2 aromatic heterocycles. The van der Waals surface area contributed by atoms with Gasteiger partial charge in [0, 0.05) is 49.9 Å². The number of anilines is 2. The van der Waals surface area contributed by atoms with Gasteiger partial charge >= 0.3 is 0 Å². The molecule has 0 atom stereocenters. The molecule has 0 unspecified atom stereocenters. The van der Waals surface area contributed by atoms with Gasteiger partial charge in [-0.25, -0.2) is 10.4 Å². The zero-order chi connectivity index (χ0) is 26.6. The van der Waals surface area contributed by atoms with Gasteiger partial charge in [-0.2, -0.15) is 5.10 Å². The molecule has 0 bridgehead atoms.